The van der Waals surface area contributed by atoms with Crippen molar-refractivity contribution < 1.29 is 34.8 Å². The van der Waals surface area contributed by atoms with Crippen molar-refractivity contribution in [2.75, 3.05) is 56.6 Å². The van der Waals surface area contributed by atoms with E-state index in [0.29, 0.717) is 11.1 Å². The molecule has 1 aliphatic heterocycles. The summed E-state index contributed by atoms with van der Waals surface area (Å²) in [6, 6.07) is 16.7. The second-order valence-electron chi connectivity index (χ2n) is 13.6. The van der Waals surface area contributed by atoms with Crippen LogP contribution < -0.4 is 14.5 Å². The zero-order chi connectivity index (χ0) is 36.6. The molecule has 0 atom stereocenters. The van der Waals surface area contributed by atoms with E-state index < -0.39 is 41.1 Å². The van der Waals surface area contributed by atoms with Crippen LogP contribution in [0.5, 0.6) is 0 Å². The lowest BCUT2D eigenvalue weighted by Gasteiger charge is -2.39. The summed E-state index contributed by atoms with van der Waals surface area (Å²) in [6.07, 6.45) is 3.17. The molecule has 5 rings (SSSR count). The van der Waals surface area contributed by atoms with Crippen molar-refractivity contribution in [2.24, 2.45) is 5.41 Å². The van der Waals surface area contributed by atoms with E-state index in [2.05, 4.69) is 35.8 Å². The van der Waals surface area contributed by atoms with Crippen LogP contribution in [-0.4, -0.2) is 80.0 Å². The first-order valence-electron chi connectivity index (χ1n) is 16.0. The van der Waals surface area contributed by atoms with Crippen LogP contribution in [0.2, 0.25) is 5.02 Å². The van der Waals surface area contributed by atoms with Gasteiger partial charge in [0, 0.05) is 63.1 Å². The molecule has 3 aromatic carbocycles. The smallest absolute Gasteiger partial charge is 0.377 e. The SMILES string of the molecule is CN(C)c1ccc(S(=O)(=O)NC(=O)c2ccc(N3CCN(CC4=C(c5ccc(Cl)cc5)CCC(C)(C)C4)CC3)cc2)cc1S(=O)(=O)C(F)(F)F. The minimum atomic E-state index is -5.90. The number of amides is 1. The number of rotatable bonds is 9. The first-order valence-corrected chi connectivity index (χ1v) is 19.4. The Bertz CT molecular complexity index is 1990. The molecule has 1 saturated heterocycles. The van der Waals surface area contributed by atoms with Gasteiger partial charge in [0.25, 0.3) is 25.8 Å². The number of benzene rings is 3. The molecular weight excluding hydrogens is 713 g/mol. The lowest BCUT2D eigenvalue weighted by atomic mass is 9.73. The number of anilines is 2. The number of hydrogen-bond donors (Lipinski definition) is 1. The van der Waals surface area contributed by atoms with Crippen molar-refractivity contribution in [2.45, 2.75) is 48.4 Å². The Kier molecular flexibility index (Phi) is 10.7. The lowest BCUT2D eigenvalue weighted by Crippen LogP contribution is -2.47. The minimum Gasteiger partial charge on any atom is -0.377 e. The van der Waals surface area contributed by atoms with E-state index in [4.69, 9.17) is 11.6 Å². The quantitative estimate of drug-likeness (QED) is 0.261. The molecule has 1 amide bonds. The highest BCUT2D eigenvalue weighted by Gasteiger charge is 2.48. The van der Waals surface area contributed by atoms with Crippen LogP contribution in [-0.2, 0) is 19.9 Å². The van der Waals surface area contributed by atoms with Gasteiger partial charge in [0.15, 0.2) is 0 Å². The summed E-state index contributed by atoms with van der Waals surface area (Å²) in [7, 11) is -7.99. The number of allylic oxidation sites excluding steroid dienone is 1. The van der Waals surface area contributed by atoms with Gasteiger partial charge in [-0.05, 0) is 90.4 Å². The van der Waals surface area contributed by atoms with Crippen molar-refractivity contribution in [3.63, 3.8) is 0 Å². The molecule has 50 heavy (non-hydrogen) atoms. The Morgan fingerprint density at radius 2 is 1.54 bits per heavy atom. The standard InChI is InChI=1S/C35H40ClF3N4O5S2/c1-34(2)16-15-30(24-5-9-27(36)10-6-24)26(22-34)23-42-17-19-43(20-18-42)28-11-7-25(8-12-28)33(44)40-50(47,48)29-13-14-31(41(3)4)32(21-29)49(45,46)35(37,38)39/h5-14,21H,15-20,22-23H2,1-4H3,(H,40,44). The fourth-order valence-corrected chi connectivity index (χ4v) is 8.69. The third-order valence-corrected chi connectivity index (χ3v) is 12.3. The Morgan fingerprint density at radius 1 is 0.920 bits per heavy atom. The summed E-state index contributed by atoms with van der Waals surface area (Å²) in [5.74, 6) is -1.02. The summed E-state index contributed by atoms with van der Waals surface area (Å²) in [4.78, 5) is 16.6. The van der Waals surface area contributed by atoms with Gasteiger partial charge in [-0.3, -0.25) is 9.69 Å². The molecule has 2 aliphatic rings. The minimum absolute atomic E-state index is 0.00517. The largest absolute Gasteiger partial charge is 0.501 e. The number of nitrogens with zero attached hydrogens (tertiary/aromatic N) is 3. The van der Waals surface area contributed by atoms with Crippen LogP contribution in [0.4, 0.5) is 24.5 Å². The predicted octanol–water partition coefficient (Wildman–Crippen LogP) is 6.60. The van der Waals surface area contributed by atoms with Crippen LogP contribution in [0.1, 0.15) is 49.0 Å². The van der Waals surface area contributed by atoms with Crippen LogP contribution in [0, 0.1) is 5.41 Å². The number of sulfone groups is 1. The zero-order valence-corrected chi connectivity index (χ0v) is 30.6. The normalized spacial score (nSPS) is 17.5. The van der Waals surface area contributed by atoms with Gasteiger partial charge >= 0.3 is 5.51 Å². The Morgan fingerprint density at radius 3 is 2.12 bits per heavy atom. The zero-order valence-electron chi connectivity index (χ0n) is 28.2. The number of alkyl halides is 3. The fourth-order valence-electron chi connectivity index (χ4n) is 6.43. The summed E-state index contributed by atoms with van der Waals surface area (Å²) >= 11 is 6.15. The van der Waals surface area contributed by atoms with Gasteiger partial charge in [0.2, 0.25) is 0 Å². The van der Waals surface area contributed by atoms with Crippen molar-refractivity contribution in [1.82, 2.24) is 9.62 Å². The summed E-state index contributed by atoms with van der Waals surface area (Å²) < 4.78 is 92.5. The van der Waals surface area contributed by atoms with E-state index >= 15 is 0 Å². The fraction of sp³-hybridized carbons (Fsp3) is 0.400. The number of sulfonamides is 1. The van der Waals surface area contributed by atoms with Crippen molar-refractivity contribution in [3.8, 4) is 0 Å². The molecular formula is C35H40ClF3N4O5S2. The average molecular weight is 753 g/mol. The maximum absolute atomic E-state index is 13.4. The van der Waals surface area contributed by atoms with Crippen molar-refractivity contribution in [1.29, 1.82) is 0 Å². The molecule has 0 unspecified atom stereocenters. The molecule has 0 radical (unpaired) electrons. The molecule has 9 nitrogen and oxygen atoms in total. The summed E-state index contributed by atoms with van der Waals surface area (Å²) in [5, 5.41) is 0.716. The monoisotopic (exact) mass is 752 g/mol. The van der Waals surface area contributed by atoms with E-state index in [0.717, 1.165) is 74.7 Å². The summed E-state index contributed by atoms with van der Waals surface area (Å²) in [5.41, 5.74) is -0.864. The van der Waals surface area contributed by atoms with Crippen molar-refractivity contribution >= 4 is 54.3 Å². The Balaban J connectivity index is 1.24. The number of carbonyl (C=O) groups excluding carboxylic acids is 1. The summed E-state index contributed by atoms with van der Waals surface area (Å²) in [6.45, 7) is 8.66. The molecule has 1 aliphatic carbocycles. The van der Waals surface area contributed by atoms with E-state index in [9.17, 15) is 34.8 Å². The number of carbonyl (C=O) groups is 1. The first kappa shape index (κ1) is 37.7. The number of piperazine rings is 1. The second kappa shape index (κ2) is 14.2. The molecule has 1 fully saturated rings. The molecule has 1 heterocycles. The van der Waals surface area contributed by atoms with Gasteiger partial charge in [0.1, 0.15) is 4.90 Å². The Labute approximate surface area is 296 Å². The maximum atomic E-state index is 13.4. The average Bonchev–Trinajstić information content (AvgIpc) is 3.04. The maximum Gasteiger partial charge on any atom is 0.501 e. The van der Waals surface area contributed by atoms with E-state index in [1.165, 1.54) is 42.9 Å². The molecule has 15 heteroatoms. The van der Waals surface area contributed by atoms with Crippen LogP contribution in [0.15, 0.2) is 82.1 Å². The molecule has 3 aromatic rings. The highest BCUT2D eigenvalue weighted by molar-refractivity contribution is 7.92. The molecule has 0 spiro atoms. The first-order chi connectivity index (χ1) is 23.3. The molecule has 0 saturated carbocycles. The highest BCUT2D eigenvalue weighted by atomic mass is 35.5. The van der Waals surface area contributed by atoms with Crippen LogP contribution >= 0.6 is 11.6 Å². The van der Waals surface area contributed by atoms with Crippen molar-refractivity contribution in [3.05, 3.63) is 88.5 Å². The molecule has 270 valence electrons. The number of halogens is 4. The topological polar surface area (TPSA) is 107 Å². The van der Waals surface area contributed by atoms with Gasteiger partial charge in [-0.2, -0.15) is 13.2 Å². The van der Waals surface area contributed by atoms with Gasteiger partial charge in [-0.15, -0.1) is 0 Å². The third kappa shape index (κ3) is 8.30. The van der Waals surface area contributed by atoms with E-state index in [1.807, 2.05) is 16.9 Å². The van der Waals surface area contributed by atoms with E-state index in [-0.39, 0.29) is 16.7 Å². The van der Waals surface area contributed by atoms with Crippen LogP contribution in [0.25, 0.3) is 5.57 Å². The lowest BCUT2D eigenvalue weighted by molar-refractivity contribution is -0.0435. The van der Waals surface area contributed by atoms with Crippen LogP contribution in [0.3, 0.4) is 0 Å². The van der Waals surface area contributed by atoms with Gasteiger partial charge in [-0.1, -0.05) is 43.2 Å². The predicted molar refractivity (Wildman–Crippen MR) is 190 cm³/mol. The molecule has 0 aromatic heterocycles. The van der Waals surface area contributed by atoms with Gasteiger partial charge in [0.05, 0.1) is 10.6 Å². The number of nitrogens with one attached hydrogen (secondary N) is 1. The second-order valence-corrected chi connectivity index (χ2v) is 17.7. The van der Waals surface area contributed by atoms with Gasteiger partial charge in [-0.25, -0.2) is 21.6 Å². The number of hydrogen-bond acceptors (Lipinski definition) is 8. The highest BCUT2D eigenvalue weighted by Crippen LogP contribution is 2.43. The van der Waals surface area contributed by atoms with E-state index in [1.54, 1.807) is 12.1 Å². The molecule has 0 bridgehead atoms. The molecule has 1 N–H and O–H groups in total. The Hall–Kier alpha value is -3.59. The third-order valence-electron chi connectivity index (χ3n) is 9.19. The van der Waals surface area contributed by atoms with Gasteiger partial charge < -0.3 is 9.80 Å².